The first kappa shape index (κ1) is 75.5. The van der Waals surface area contributed by atoms with Crippen LogP contribution in [0, 0.1) is 0 Å². The molecule has 0 radical (unpaired) electrons. The van der Waals surface area contributed by atoms with Crippen LogP contribution in [0.1, 0.15) is 297 Å². The average molecular weight is 1110 g/mol. The third kappa shape index (κ3) is 64.4. The fourth-order valence-corrected chi connectivity index (χ4v) is 8.88. The summed E-state index contributed by atoms with van der Waals surface area (Å²) >= 11 is 0. The monoisotopic (exact) mass is 1110 g/mol. The van der Waals surface area contributed by atoms with Crippen molar-refractivity contribution in [2.24, 2.45) is 0 Å². The number of rotatable bonds is 59. The Kier molecular flexibility index (Phi) is 63.3. The van der Waals surface area contributed by atoms with E-state index in [-0.39, 0.29) is 31.1 Å². The smallest absolute Gasteiger partial charge is 0.306 e. The topological polar surface area (TPSA) is 78.9 Å². The summed E-state index contributed by atoms with van der Waals surface area (Å²) in [6, 6.07) is 0. The Bertz CT molecular complexity index is 1700. The molecular weight excluding hydrogens is 985 g/mol. The molecule has 6 nitrogen and oxygen atoms in total. The van der Waals surface area contributed by atoms with Crippen LogP contribution < -0.4 is 0 Å². The molecule has 0 saturated heterocycles. The lowest BCUT2D eigenvalue weighted by molar-refractivity contribution is -0.167. The Hall–Kier alpha value is -4.45. The minimum atomic E-state index is -0.797. The second-order valence-electron chi connectivity index (χ2n) is 21.6. The van der Waals surface area contributed by atoms with Crippen LogP contribution >= 0.6 is 0 Å². The molecule has 0 aliphatic rings. The highest BCUT2D eigenvalue weighted by Gasteiger charge is 2.19. The van der Waals surface area contributed by atoms with Crippen molar-refractivity contribution < 1.29 is 28.6 Å². The SMILES string of the molecule is CC/C=C\C/C=C\C/C=C\C/C=C\C/C=C\C/C=C\C/C=C\CCCCCCCCCCCCCC(=O)OCC(COC(=O)CCCCCCC/C=C\C/C=C\CCCC)OC(=O)CCCCCCC/C=C\C/C=C\CCCCC. The summed E-state index contributed by atoms with van der Waals surface area (Å²) in [5.41, 5.74) is 0. The van der Waals surface area contributed by atoms with Gasteiger partial charge in [-0.25, -0.2) is 0 Å². The van der Waals surface area contributed by atoms with Gasteiger partial charge in [-0.05, 0) is 135 Å². The summed E-state index contributed by atoms with van der Waals surface area (Å²) in [5.74, 6) is -0.919. The summed E-state index contributed by atoms with van der Waals surface area (Å²) in [6.45, 7) is 6.44. The molecule has 6 heteroatoms. The molecule has 0 aliphatic heterocycles. The molecule has 0 heterocycles. The first-order valence-corrected chi connectivity index (χ1v) is 33.2. The highest BCUT2D eigenvalue weighted by molar-refractivity contribution is 5.71. The minimum Gasteiger partial charge on any atom is -0.462 e. The Morgan fingerprint density at radius 3 is 0.800 bits per heavy atom. The zero-order chi connectivity index (χ0) is 57.8. The first-order valence-electron chi connectivity index (χ1n) is 33.2. The van der Waals surface area contributed by atoms with Gasteiger partial charge in [0.1, 0.15) is 13.2 Å². The normalized spacial score (nSPS) is 13.0. The molecule has 0 aromatic carbocycles. The molecule has 0 rings (SSSR count). The zero-order valence-corrected chi connectivity index (χ0v) is 52.0. The maximum Gasteiger partial charge on any atom is 0.306 e. The lowest BCUT2D eigenvalue weighted by Gasteiger charge is -2.18. The summed E-state index contributed by atoms with van der Waals surface area (Å²) in [4.78, 5) is 38.3. The molecule has 0 spiro atoms. The van der Waals surface area contributed by atoms with E-state index in [9.17, 15) is 14.4 Å². The number of hydrogen-bond donors (Lipinski definition) is 0. The van der Waals surface area contributed by atoms with Gasteiger partial charge in [-0.2, -0.15) is 0 Å². The Morgan fingerprint density at radius 2 is 0.500 bits per heavy atom. The molecule has 1 unspecified atom stereocenters. The van der Waals surface area contributed by atoms with Crippen LogP contribution in [0.4, 0.5) is 0 Å². The summed E-state index contributed by atoms with van der Waals surface area (Å²) in [7, 11) is 0. The van der Waals surface area contributed by atoms with Gasteiger partial charge in [-0.3, -0.25) is 14.4 Å². The molecule has 0 amide bonds. The molecule has 0 bridgehead atoms. The largest absolute Gasteiger partial charge is 0.462 e. The second-order valence-corrected chi connectivity index (χ2v) is 21.6. The summed E-state index contributed by atoms with van der Waals surface area (Å²) < 4.78 is 16.9. The third-order valence-electron chi connectivity index (χ3n) is 13.9. The third-order valence-corrected chi connectivity index (χ3v) is 13.9. The molecule has 0 aliphatic carbocycles. The van der Waals surface area contributed by atoms with E-state index in [0.717, 1.165) is 154 Å². The lowest BCUT2D eigenvalue weighted by Crippen LogP contribution is -2.30. The van der Waals surface area contributed by atoms with E-state index in [1.807, 2.05) is 0 Å². The highest BCUT2D eigenvalue weighted by Crippen LogP contribution is 2.15. The predicted molar refractivity (Wildman–Crippen MR) is 348 cm³/mol. The number of ether oxygens (including phenoxy) is 3. The van der Waals surface area contributed by atoms with Crippen LogP contribution in [-0.4, -0.2) is 37.2 Å². The van der Waals surface area contributed by atoms with E-state index in [4.69, 9.17) is 14.2 Å². The number of carbonyl (C=O) groups is 3. The van der Waals surface area contributed by atoms with Crippen molar-refractivity contribution in [2.45, 2.75) is 303 Å². The van der Waals surface area contributed by atoms with Crippen molar-refractivity contribution in [3.63, 3.8) is 0 Å². The van der Waals surface area contributed by atoms with Crippen LogP contribution in [0.2, 0.25) is 0 Å². The minimum absolute atomic E-state index is 0.0919. The first-order chi connectivity index (χ1) is 39.5. The van der Waals surface area contributed by atoms with Crippen molar-refractivity contribution in [1.29, 1.82) is 0 Å². The zero-order valence-electron chi connectivity index (χ0n) is 52.0. The molecular formula is C74H122O6. The van der Waals surface area contributed by atoms with Gasteiger partial charge in [0.05, 0.1) is 0 Å². The van der Waals surface area contributed by atoms with Crippen molar-refractivity contribution in [3.8, 4) is 0 Å². The predicted octanol–water partition coefficient (Wildman–Crippen LogP) is 22.9. The van der Waals surface area contributed by atoms with Crippen LogP contribution in [0.5, 0.6) is 0 Å². The number of allylic oxidation sites excluding steroid dienone is 22. The Labute approximate surface area is 494 Å². The van der Waals surface area contributed by atoms with Crippen LogP contribution in [-0.2, 0) is 28.6 Å². The van der Waals surface area contributed by atoms with Gasteiger partial charge in [-0.15, -0.1) is 0 Å². The lowest BCUT2D eigenvalue weighted by atomic mass is 10.0. The fraction of sp³-hybridized carbons (Fsp3) is 0.662. The van der Waals surface area contributed by atoms with E-state index in [1.165, 1.54) is 103 Å². The Balaban J connectivity index is 4.26. The van der Waals surface area contributed by atoms with Crippen LogP contribution in [0.15, 0.2) is 134 Å². The molecule has 1 atom stereocenters. The van der Waals surface area contributed by atoms with E-state index in [1.54, 1.807) is 0 Å². The van der Waals surface area contributed by atoms with Gasteiger partial charge >= 0.3 is 17.9 Å². The quantitative estimate of drug-likeness (QED) is 0.0261. The van der Waals surface area contributed by atoms with Crippen molar-refractivity contribution in [1.82, 2.24) is 0 Å². The number of carbonyl (C=O) groups excluding carboxylic acids is 3. The number of hydrogen-bond acceptors (Lipinski definition) is 6. The van der Waals surface area contributed by atoms with Gasteiger partial charge in [0, 0.05) is 19.3 Å². The van der Waals surface area contributed by atoms with Crippen molar-refractivity contribution in [3.05, 3.63) is 134 Å². The number of unbranched alkanes of at least 4 members (excludes halogenated alkanes) is 26. The maximum absolute atomic E-state index is 12.9. The number of esters is 3. The standard InChI is InChI=1S/C74H122O6/c1-4-7-10-13-16-19-22-25-28-29-30-31-32-33-34-35-36-37-38-39-40-41-42-43-44-45-47-49-52-55-58-61-64-67-73(76)79-70-71(69-78-72(75)66-63-60-57-54-51-48-27-24-21-18-15-12-9-6-3)80-74(77)68-65-62-59-56-53-50-46-26-23-20-17-14-11-8-5-2/h7,10,15-20,24-28,30-31,33-34,36-37,39-40,46,71H,4-6,8-9,11-14,21-23,29,32,35,38,41-45,47-70H2,1-3H3/b10-7-,18-15-,19-16-,20-17-,27-24-,28-25-,31-30-,34-33-,37-36-,40-39-,46-26-. The van der Waals surface area contributed by atoms with Crippen molar-refractivity contribution >= 4 is 17.9 Å². The second kappa shape index (κ2) is 67.1. The highest BCUT2D eigenvalue weighted by atomic mass is 16.6. The van der Waals surface area contributed by atoms with E-state index >= 15 is 0 Å². The van der Waals surface area contributed by atoms with Gasteiger partial charge in [0.25, 0.3) is 0 Å². The van der Waals surface area contributed by atoms with Gasteiger partial charge in [0.2, 0.25) is 0 Å². The molecule has 454 valence electrons. The molecule has 0 saturated carbocycles. The molecule has 0 N–H and O–H groups in total. The molecule has 0 fully saturated rings. The fourth-order valence-electron chi connectivity index (χ4n) is 8.88. The summed E-state index contributed by atoms with van der Waals surface area (Å²) in [5, 5.41) is 0. The molecule has 0 aromatic heterocycles. The van der Waals surface area contributed by atoms with Gasteiger partial charge < -0.3 is 14.2 Å². The Morgan fingerprint density at radius 1 is 0.263 bits per heavy atom. The van der Waals surface area contributed by atoms with Gasteiger partial charge in [0.15, 0.2) is 6.10 Å². The van der Waals surface area contributed by atoms with Crippen molar-refractivity contribution in [2.75, 3.05) is 13.2 Å². The van der Waals surface area contributed by atoms with Crippen LogP contribution in [0.25, 0.3) is 0 Å². The average Bonchev–Trinajstić information content (AvgIpc) is 3.46. The van der Waals surface area contributed by atoms with E-state index in [0.29, 0.717) is 19.3 Å². The van der Waals surface area contributed by atoms with E-state index < -0.39 is 6.10 Å². The maximum atomic E-state index is 12.9. The van der Waals surface area contributed by atoms with Gasteiger partial charge in [-0.1, -0.05) is 276 Å². The molecule has 0 aromatic rings. The molecule has 80 heavy (non-hydrogen) atoms. The van der Waals surface area contributed by atoms with Crippen LogP contribution in [0.3, 0.4) is 0 Å². The van der Waals surface area contributed by atoms with E-state index in [2.05, 4.69) is 154 Å². The summed E-state index contributed by atoms with van der Waals surface area (Å²) in [6.07, 6.45) is 94.6.